The number of nitrogens with zero attached hydrogens (tertiary/aromatic N) is 3. The van der Waals surface area contributed by atoms with Crippen LogP contribution in [0.4, 0.5) is 0 Å². The fourth-order valence-electron chi connectivity index (χ4n) is 5.11. The van der Waals surface area contributed by atoms with Crippen molar-refractivity contribution in [2.45, 2.75) is 31.8 Å². The number of fused-ring (bicyclic) bond motifs is 2. The van der Waals surface area contributed by atoms with Gasteiger partial charge >= 0.3 is 0 Å². The van der Waals surface area contributed by atoms with Gasteiger partial charge in [0.1, 0.15) is 30.0 Å². The lowest BCUT2D eigenvalue weighted by molar-refractivity contribution is -0.750. The maximum Gasteiger partial charge on any atom is 0.265 e. The maximum atomic E-state index is 11.1. The summed E-state index contributed by atoms with van der Waals surface area (Å²) in [6.45, 7) is 0. The number of nitrogens with two attached hydrogens (primary N) is 1. The predicted octanol–water partition coefficient (Wildman–Crippen LogP) is 4.20. The first-order chi connectivity index (χ1) is 15.7. The number of quaternary nitrogens is 1. The molecule has 3 heterocycles. The van der Waals surface area contributed by atoms with Crippen LogP contribution in [-0.2, 0) is 11.2 Å². The van der Waals surface area contributed by atoms with Gasteiger partial charge in [-0.1, -0.05) is 36.4 Å². The average Bonchev–Trinajstić information content (AvgIpc) is 3.11. The van der Waals surface area contributed by atoms with E-state index in [4.69, 9.17) is 15.6 Å². The average molecular weight is 426 g/mol. The monoisotopic (exact) mass is 425 g/mol. The zero-order valence-corrected chi connectivity index (χ0v) is 17.7. The Morgan fingerprint density at radius 3 is 2.78 bits per heavy atom. The lowest BCUT2D eigenvalue weighted by atomic mass is 9.73. The number of ether oxygens (including phenoxy) is 1. The molecule has 0 spiro atoms. The van der Waals surface area contributed by atoms with E-state index in [0.717, 1.165) is 60.5 Å². The Balaban J connectivity index is 1.35. The van der Waals surface area contributed by atoms with Crippen molar-refractivity contribution in [1.82, 2.24) is 0 Å². The molecule has 1 fully saturated rings. The molecule has 2 atom stereocenters. The lowest BCUT2D eigenvalue weighted by Crippen LogP contribution is -2.53. The number of hydrogen-bond acceptors (Lipinski definition) is 5. The van der Waals surface area contributed by atoms with Crippen LogP contribution in [0.2, 0.25) is 0 Å². The van der Waals surface area contributed by atoms with E-state index < -0.39 is 0 Å². The Morgan fingerprint density at radius 2 is 1.97 bits per heavy atom. The minimum Gasteiger partial charge on any atom is -0.485 e. The van der Waals surface area contributed by atoms with Crippen LogP contribution in [0.15, 0.2) is 82.3 Å². The Hall–Kier alpha value is -3.35. The molecule has 4 aliphatic rings. The third kappa shape index (κ3) is 2.98. The van der Waals surface area contributed by atoms with Gasteiger partial charge in [-0.3, -0.25) is 4.99 Å². The number of aryl methyl sites for hydroxylation is 1. The van der Waals surface area contributed by atoms with E-state index in [1.165, 1.54) is 11.1 Å². The minimum absolute atomic E-state index is 0.00197. The summed E-state index contributed by atoms with van der Waals surface area (Å²) in [4.78, 5) is 20.4. The van der Waals surface area contributed by atoms with Crippen LogP contribution < -0.4 is 10.6 Å². The SMILES string of the molecule is N[N+]12C=CN=CC1=C(C1CC(C=O)C1)N=C2c1ccc2c(c1)OC(c1ccccc1)CC2. The Morgan fingerprint density at radius 1 is 1.12 bits per heavy atom. The van der Waals surface area contributed by atoms with Crippen molar-refractivity contribution in [3.8, 4) is 5.75 Å². The van der Waals surface area contributed by atoms with Gasteiger partial charge in [-0.25, -0.2) is 0 Å². The first-order valence-corrected chi connectivity index (χ1v) is 11.2. The van der Waals surface area contributed by atoms with Gasteiger partial charge in [-0.2, -0.15) is 10.8 Å². The third-order valence-electron chi connectivity index (χ3n) is 7.02. The van der Waals surface area contributed by atoms with Gasteiger partial charge in [0.25, 0.3) is 5.84 Å². The molecule has 2 aromatic rings. The van der Waals surface area contributed by atoms with Gasteiger partial charge in [0.15, 0.2) is 0 Å². The van der Waals surface area contributed by atoms with E-state index in [-0.39, 0.29) is 22.5 Å². The summed E-state index contributed by atoms with van der Waals surface area (Å²) in [5.74, 6) is 8.89. The summed E-state index contributed by atoms with van der Waals surface area (Å²) in [5.41, 5.74) is 5.19. The number of hydrogen-bond donors (Lipinski definition) is 1. The number of aliphatic imine (C=N–C) groups is 2. The number of benzene rings is 2. The molecule has 1 saturated carbocycles. The summed E-state index contributed by atoms with van der Waals surface area (Å²) in [5, 5.41) is 0. The molecule has 2 N–H and O–H groups in total. The van der Waals surface area contributed by atoms with Crippen molar-refractivity contribution < 1.29 is 14.1 Å². The number of aldehydes is 1. The van der Waals surface area contributed by atoms with E-state index in [2.05, 4.69) is 47.5 Å². The third-order valence-corrected chi connectivity index (χ3v) is 7.02. The number of rotatable bonds is 4. The molecule has 6 nitrogen and oxygen atoms in total. The highest BCUT2D eigenvalue weighted by Crippen LogP contribution is 2.45. The lowest BCUT2D eigenvalue weighted by Gasteiger charge is -2.31. The number of carbonyl (C=O) groups is 1. The van der Waals surface area contributed by atoms with Gasteiger partial charge in [0, 0.05) is 11.8 Å². The molecular weight excluding hydrogens is 400 g/mol. The van der Waals surface area contributed by atoms with Crippen LogP contribution >= 0.6 is 0 Å². The molecule has 2 aromatic carbocycles. The maximum absolute atomic E-state index is 11.1. The van der Waals surface area contributed by atoms with Crippen molar-refractivity contribution in [3.05, 3.63) is 89.0 Å². The van der Waals surface area contributed by atoms with Crippen LogP contribution in [0, 0.1) is 11.8 Å². The van der Waals surface area contributed by atoms with Crippen LogP contribution in [0.5, 0.6) is 5.75 Å². The van der Waals surface area contributed by atoms with E-state index >= 15 is 0 Å². The molecule has 2 unspecified atom stereocenters. The molecule has 3 aliphatic heterocycles. The Bertz CT molecular complexity index is 1210. The highest BCUT2D eigenvalue weighted by atomic mass is 16.5. The van der Waals surface area contributed by atoms with E-state index in [0.29, 0.717) is 0 Å². The van der Waals surface area contributed by atoms with Crippen LogP contribution in [0.3, 0.4) is 0 Å². The van der Waals surface area contributed by atoms with Gasteiger partial charge in [-0.15, -0.1) is 4.59 Å². The minimum atomic E-state index is 0.00197. The van der Waals surface area contributed by atoms with Gasteiger partial charge in [0.05, 0.1) is 18.0 Å². The van der Waals surface area contributed by atoms with Gasteiger partial charge in [0.2, 0.25) is 5.70 Å². The van der Waals surface area contributed by atoms with Crippen LogP contribution in [-0.4, -0.2) is 22.9 Å². The molecule has 160 valence electrons. The molecule has 0 radical (unpaired) electrons. The van der Waals surface area contributed by atoms with Crippen molar-refractivity contribution in [2.75, 3.05) is 0 Å². The molecule has 32 heavy (non-hydrogen) atoms. The summed E-state index contributed by atoms with van der Waals surface area (Å²) in [6.07, 6.45) is 10.1. The number of allylic oxidation sites excluding steroid dienone is 2. The molecular formula is C26H25N4O2+. The smallest absolute Gasteiger partial charge is 0.265 e. The topological polar surface area (TPSA) is 77.0 Å². The molecule has 0 bridgehead atoms. The van der Waals surface area contributed by atoms with Crippen molar-refractivity contribution in [2.24, 2.45) is 27.7 Å². The quantitative estimate of drug-likeness (QED) is 0.453. The molecule has 0 aromatic heterocycles. The van der Waals surface area contributed by atoms with Gasteiger partial charge in [-0.05, 0) is 48.9 Å². The first-order valence-electron chi connectivity index (χ1n) is 11.2. The highest BCUT2D eigenvalue weighted by molar-refractivity contribution is 6.00. The standard InChI is InChI=1S/C26H25N4O2/c27-30-11-10-28-15-22(30)25(21-12-17(13-21)16-31)29-26(30)20-7-6-19-8-9-23(32-24(19)14-20)18-4-2-1-3-5-18/h1-7,10-11,14-17,21,23H,8-9,12-13,27H2/q+1. The molecule has 1 aliphatic carbocycles. The molecule has 0 saturated heterocycles. The fourth-order valence-corrected chi connectivity index (χ4v) is 5.11. The second kappa shape index (κ2) is 7.36. The number of amidine groups is 1. The normalized spacial score (nSPS) is 30.2. The summed E-state index contributed by atoms with van der Waals surface area (Å²) < 4.78 is 6.42. The summed E-state index contributed by atoms with van der Waals surface area (Å²) in [7, 11) is 0. The van der Waals surface area contributed by atoms with E-state index in [9.17, 15) is 4.79 Å². The predicted molar refractivity (Wildman–Crippen MR) is 122 cm³/mol. The molecule has 0 amide bonds. The Kier molecular flexibility index (Phi) is 4.45. The zero-order chi connectivity index (χ0) is 21.7. The van der Waals surface area contributed by atoms with Crippen LogP contribution in [0.1, 0.15) is 42.1 Å². The highest BCUT2D eigenvalue weighted by Gasteiger charge is 2.48. The van der Waals surface area contributed by atoms with Gasteiger partial charge < -0.3 is 9.53 Å². The molecule has 6 rings (SSSR count). The van der Waals surface area contributed by atoms with Crippen molar-refractivity contribution in [1.29, 1.82) is 0 Å². The summed E-state index contributed by atoms with van der Waals surface area (Å²) in [6, 6.07) is 16.7. The first kappa shape index (κ1) is 19.3. The number of carbonyl (C=O) groups excluding carboxylic acids is 1. The second-order valence-electron chi connectivity index (χ2n) is 9.00. The van der Waals surface area contributed by atoms with Crippen LogP contribution in [0.25, 0.3) is 0 Å². The van der Waals surface area contributed by atoms with Crippen molar-refractivity contribution >= 4 is 18.3 Å². The van der Waals surface area contributed by atoms with E-state index in [1.807, 2.05) is 12.3 Å². The van der Waals surface area contributed by atoms with E-state index in [1.54, 1.807) is 12.4 Å². The largest absolute Gasteiger partial charge is 0.485 e. The Labute approximate surface area is 187 Å². The van der Waals surface area contributed by atoms with Crippen molar-refractivity contribution in [3.63, 3.8) is 0 Å². The second-order valence-corrected chi connectivity index (χ2v) is 9.00. The molecule has 6 heteroatoms. The zero-order valence-electron chi connectivity index (χ0n) is 17.7. The fraction of sp³-hybridized carbons (Fsp3) is 0.269. The summed E-state index contributed by atoms with van der Waals surface area (Å²) >= 11 is 0.